The van der Waals surface area contributed by atoms with Crippen molar-refractivity contribution in [3.63, 3.8) is 0 Å². The quantitative estimate of drug-likeness (QED) is 0.222. The molecule has 0 bridgehead atoms. The predicted molar refractivity (Wildman–Crippen MR) is 149 cm³/mol. The van der Waals surface area contributed by atoms with E-state index < -0.39 is 5.82 Å². The molecule has 0 radical (unpaired) electrons. The zero-order chi connectivity index (χ0) is 26.5. The highest BCUT2D eigenvalue weighted by Gasteiger charge is 2.32. The van der Waals surface area contributed by atoms with E-state index in [1.165, 1.54) is 6.07 Å². The van der Waals surface area contributed by atoms with Gasteiger partial charge in [-0.2, -0.15) is 0 Å². The molecule has 0 atom stereocenters. The SMILES string of the molecule is CCCc1cc(OCc2ccccc2)c(-c2c(F)ccc3c2CC(=O)N3CC)c(OCc2ccccc2)c1. The average molecular weight is 510 g/mol. The summed E-state index contributed by atoms with van der Waals surface area (Å²) in [6, 6.07) is 26.9. The molecule has 38 heavy (non-hydrogen) atoms. The lowest BCUT2D eigenvalue weighted by molar-refractivity contribution is -0.117. The van der Waals surface area contributed by atoms with Gasteiger partial charge in [0.05, 0.1) is 12.0 Å². The lowest BCUT2D eigenvalue weighted by atomic mass is 9.93. The number of ether oxygens (including phenoxy) is 2. The number of carbonyl (C=O) groups excluding carboxylic acids is 1. The molecule has 4 aromatic rings. The number of aryl methyl sites for hydroxylation is 1. The molecular weight excluding hydrogens is 477 g/mol. The lowest BCUT2D eigenvalue weighted by Gasteiger charge is -2.21. The molecule has 1 aliphatic heterocycles. The number of amides is 1. The summed E-state index contributed by atoms with van der Waals surface area (Å²) >= 11 is 0. The first-order chi connectivity index (χ1) is 18.6. The fourth-order valence-corrected chi connectivity index (χ4v) is 5.06. The second-order valence-corrected chi connectivity index (χ2v) is 9.50. The topological polar surface area (TPSA) is 38.8 Å². The van der Waals surface area contributed by atoms with Gasteiger partial charge in [-0.15, -0.1) is 0 Å². The molecule has 194 valence electrons. The third kappa shape index (κ3) is 5.28. The molecule has 5 heteroatoms. The Morgan fingerprint density at radius 3 is 1.87 bits per heavy atom. The fourth-order valence-electron chi connectivity index (χ4n) is 5.06. The molecule has 4 nitrogen and oxygen atoms in total. The number of hydrogen-bond donors (Lipinski definition) is 0. The number of fused-ring (bicyclic) bond motifs is 1. The van der Waals surface area contributed by atoms with Gasteiger partial charge in [-0.3, -0.25) is 4.79 Å². The minimum Gasteiger partial charge on any atom is -0.488 e. The van der Waals surface area contributed by atoms with E-state index in [4.69, 9.17) is 9.47 Å². The van der Waals surface area contributed by atoms with Gasteiger partial charge in [0, 0.05) is 17.8 Å². The molecule has 1 amide bonds. The first kappa shape index (κ1) is 25.5. The zero-order valence-corrected chi connectivity index (χ0v) is 21.9. The second kappa shape index (κ2) is 11.5. The molecule has 0 spiro atoms. The Morgan fingerprint density at radius 1 is 0.763 bits per heavy atom. The van der Waals surface area contributed by atoms with Crippen LogP contribution in [0, 0.1) is 5.82 Å². The first-order valence-electron chi connectivity index (χ1n) is 13.2. The van der Waals surface area contributed by atoms with Crippen LogP contribution in [0.5, 0.6) is 11.5 Å². The van der Waals surface area contributed by atoms with Gasteiger partial charge in [-0.1, -0.05) is 74.0 Å². The van der Waals surface area contributed by atoms with Crippen LogP contribution in [0.1, 0.15) is 42.5 Å². The smallest absolute Gasteiger partial charge is 0.231 e. The number of anilines is 1. The highest BCUT2D eigenvalue weighted by molar-refractivity contribution is 6.04. The summed E-state index contributed by atoms with van der Waals surface area (Å²) < 4.78 is 28.6. The van der Waals surface area contributed by atoms with Crippen LogP contribution in [0.25, 0.3) is 11.1 Å². The maximum absolute atomic E-state index is 15.8. The Balaban J connectivity index is 1.66. The van der Waals surface area contributed by atoms with Gasteiger partial charge in [0.25, 0.3) is 0 Å². The number of likely N-dealkylation sites (N-methyl/N-ethyl adjacent to an activating group) is 1. The third-order valence-corrected chi connectivity index (χ3v) is 6.86. The fraction of sp³-hybridized carbons (Fsp3) is 0.242. The summed E-state index contributed by atoms with van der Waals surface area (Å²) in [5, 5.41) is 0. The van der Waals surface area contributed by atoms with Crippen molar-refractivity contribution in [2.45, 2.75) is 46.3 Å². The van der Waals surface area contributed by atoms with E-state index in [0.717, 1.165) is 35.2 Å². The van der Waals surface area contributed by atoms with Gasteiger partial charge in [-0.05, 0) is 59.9 Å². The van der Waals surface area contributed by atoms with Crippen LogP contribution in [-0.2, 0) is 30.8 Å². The number of hydrogen-bond acceptors (Lipinski definition) is 3. The van der Waals surface area contributed by atoms with Crippen molar-refractivity contribution in [2.75, 3.05) is 11.4 Å². The zero-order valence-electron chi connectivity index (χ0n) is 21.9. The van der Waals surface area contributed by atoms with Crippen molar-refractivity contribution in [2.24, 2.45) is 0 Å². The van der Waals surface area contributed by atoms with Crippen LogP contribution in [0.4, 0.5) is 10.1 Å². The highest BCUT2D eigenvalue weighted by Crippen LogP contribution is 2.47. The normalized spacial score (nSPS) is 12.5. The van der Waals surface area contributed by atoms with Crippen LogP contribution in [0.3, 0.4) is 0 Å². The van der Waals surface area contributed by atoms with Gasteiger partial charge in [0.1, 0.15) is 30.5 Å². The third-order valence-electron chi connectivity index (χ3n) is 6.86. The van der Waals surface area contributed by atoms with Gasteiger partial charge >= 0.3 is 0 Å². The van der Waals surface area contributed by atoms with Gasteiger partial charge in [0.2, 0.25) is 5.91 Å². The number of carbonyl (C=O) groups is 1. The van der Waals surface area contributed by atoms with Gasteiger partial charge in [-0.25, -0.2) is 4.39 Å². The van der Waals surface area contributed by atoms with E-state index in [1.54, 1.807) is 11.0 Å². The molecule has 0 N–H and O–H groups in total. The van der Waals surface area contributed by atoms with Crippen molar-refractivity contribution in [1.29, 1.82) is 0 Å². The summed E-state index contributed by atoms with van der Waals surface area (Å²) in [5.41, 5.74) is 5.43. The van der Waals surface area contributed by atoms with Crippen molar-refractivity contribution < 1.29 is 18.7 Å². The molecule has 0 saturated heterocycles. The Morgan fingerprint density at radius 2 is 1.34 bits per heavy atom. The van der Waals surface area contributed by atoms with Gasteiger partial charge in [0.15, 0.2) is 0 Å². The number of halogens is 1. The summed E-state index contributed by atoms with van der Waals surface area (Å²) in [6.45, 7) is 5.24. The Labute approximate surface area is 223 Å². The van der Waals surface area contributed by atoms with E-state index in [2.05, 4.69) is 6.92 Å². The van der Waals surface area contributed by atoms with Crippen LogP contribution in [-0.4, -0.2) is 12.5 Å². The van der Waals surface area contributed by atoms with Crippen LogP contribution in [0.15, 0.2) is 84.9 Å². The van der Waals surface area contributed by atoms with Crippen molar-refractivity contribution in [3.05, 3.63) is 113 Å². The Hall–Kier alpha value is -4.12. The summed E-state index contributed by atoms with van der Waals surface area (Å²) in [7, 11) is 0. The van der Waals surface area contributed by atoms with Gasteiger partial charge < -0.3 is 14.4 Å². The highest BCUT2D eigenvalue weighted by atomic mass is 19.1. The molecule has 0 aromatic heterocycles. The van der Waals surface area contributed by atoms with Crippen LogP contribution in [0.2, 0.25) is 0 Å². The van der Waals surface area contributed by atoms with E-state index in [9.17, 15) is 4.79 Å². The van der Waals surface area contributed by atoms with E-state index in [-0.39, 0.29) is 12.3 Å². The molecule has 5 rings (SSSR count). The molecule has 0 fully saturated rings. The lowest BCUT2D eigenvalue weighted by Crippen LogP contribution is -2.25. The largest absolute Gasteiger partial charge is 0.488 e. The monoisotopic (exact) mass is 509 g/mol. The van der Waals surface area contributed by atoms with Crippen molar-refractivity contribution in [3.8, 4) is 22.6 Å². The maximum atomic E-state index is 15.8. The molecule has 0 aliphatic carbocycles. The summed E-state index contributed by atoms with van der Waals surface area (Å²) in [6.07, 6.45) is 1.93. The maximum Gasteiger partial charge on any atom is 0.231 e. The van der Waals surface area contributed by atoms with Crippen molar-refractivity contribution >= 4 is 11.6 Å². The van der Waals surface area contributed by atoms with Crippen LogP contribution >= 0.6 is 0 Å². The van der Waals surface area contributed by atoms with E-state index in [1.807, 2.05) is 79.7 Å². The number of benzene rings is 4. The van der Waals surface area contributed by atoms with Crippen molar-refractivity contribution in [1.82, 2.24) is 0 Å². The minimum absolute atomic E-state index is 0.0320. The second-order valence-electron chi connectivity index (χ2n) is 9.50. The predicted octanol–water partition coefficient (Wildman–Crippen LogP) is 7.51. The average Bonchev–Trinajstić information content (AvgIpc) is 3.27. The summed E-state index contributed by atoms with van der Waals surface area (Å²) in [5.74, 6) is 0.678. The molecule has 0 unspecified atom stereocenters. The Bertz CT molecular complexity index is 1350. The molecule has 4 aromatic carbocycles. The minimum atomic E-state index is -0.396. The molecule has 1 aliphatic rings. The number of rotatable bonds is 10. The van der Waals surface area contributed by atoms with E-state index in [0.29, 0.717) is 47.9 Å². The Kier molecular flexibility index (Phi) is 7.73. The molecule has 0 saturated carbocycles. The summed E-state index contributed by atoms with van der Waals surface area (Å²) in [4.78, 5) is 14.5. The molecule has 1 heterocycles. The molecular formula is C33H32FNO3. The standard InChI is InChI=1S/C33H32FNO3/c1-3-11-25-18-29(37-21-23-12-7-5-8-13-23)33(30(19-25)38-22-24-14-9-6-10-15-24)32-26-20-31(36)35(4-2)28(26)17-16-27(32)34/h5-10,12-19H,3-4,11,20-22H2,1-2H3. The first-order valence-corrected chi connectivity index (χ1v) is 13.2. The van der Waals surface area contributed by atoms with E-state index >= 15 is 4.39 Å². The number of nitrogens with zero attached hydrogens (tertiary/aromatic N) is 1. The van der Waals surface area contributed by atoms with Crippen LogP contribution < -0.4 is 14.4 Å².